The van der Waals surface area contributed by atoms with Crippen LogP contribution in [-0.4, -0.2) is 40.8 Å². The number of aliphatic hydroxyl groups excluding tert-OH is 1. The summed E-state index contributed by atoms with van der Waals surface area (Å²) in [6.45, 7) is 0.666. The van der Waals surface area contributed by atoms with Crippen molar-refractivity contribution >= 4 is 5.91 Å². The topological polar surface area (TPSA) is 52.6 Å². The smallest absolute Gasteiger partial charge is 0.241 e. The summed E-state index contributed by atoms with van der Waals surface area (Å²) in [4.78, 5) is 14.5. The van der Waals surface area contributed by atoms with Crippen LogP contribution in [0.1, 0.15) is 37.7 Å². The summed E-state index contributed by atoms with van der Waals surface area (Å²) in [6, 6.07) is 10.6. The van der Waals surface area contributed by atoms with Gasteiger partial charge in [0.1, 0.15) is 0 Å². The Bertz CT molecular complexity index is 469. The summed E-state index contributed by atoms with van der Waals surface area (Å²) in [5.74, 6) is 0.243. The Kier molecular flexibility index (Phi) is 4.56. The van der Waals surface area contributed by atoms with Gasteiger partial charge in [-0.15, -0.1) is 0 Å². The van der Waals surface area contributed by atoms with E-state index in [0.29, 0.717) is 12.7 Å². The summed E-state index contributed by atoms with van der Waals surface area (Å²) in [5.41, 5.74) is 1.28. The van der Waals surface area contributed by atoms with Gasteiger partial charge in [-0.05, 0) is 44.1 Å². The third-order valence-corrected chi connectivity index (χ3v) is 4.76. The van der Waals surface area contributed by atoms with Gasteiger partial charge in [0.2, 0.25) is 5.91 Å². The van der Waals surface area contributed by atoms with Gasteiger partial charge in [0.25, 0.3) is 0 Å². The number of carbonyl (C=O) groups is 1. The average molecular weight is 288 g/mol. The van der Waals surface area contributed by atoms with Gasteiger partial charge in [-0.25, -0.2) is 0 Å². The third-order valence-electron chi connectivity index (χ3n) is 4.76. The van der Waals surface area contributed by atoms with Crippen LogP contribution in [0.15, 0.2) is 30.3 Å². The number of nitrogens with zero attached hydrogens (tertiary/aromatic N) is 1. The monoisotopic (exact) mass is 288 g/mol. The molecule has 1 amide bonds. The quantitative estimate of drug-likeness (QED) is 0.886. The van der Waals surface area contributed by atoms with Crippen LogP contribution in [0.5, 0.6) is 0 Å². The second-order valence-corrected chi connectivity index (χ2v) is 6.21. The molecule has 4 heteroatoms. The molecular formula is C17H24N2O2. The van der Waals surface area contributed by atoms with Crippen molar-refractivity contribution in [1.82, 2.24) is 10.2 Å². The third kappa shape index (κ3) is 3.44. The van der Waals surface area contributed by atoms with E-state index in [1.54, 1.807) is 0 Å². The van der Waals surface area contributed by atoms with Crippen molar-refractivity contribution < 1.29 is 9.90 Å². The first-order valence-corrected chi connectivity index (χ1v) is 8.00. The Morgan fingerprint density at radius 3 is 2.57 bits per heavy atom. The van der Waals surface area contributed by atoms with Crippen molar-refractivity contribution in [2.45, 2.75) is 56.7 Å². The van der Waals surface area contributed by atoms with Crippen molar-refractivity contribution in [3.8, 4) is 0 Å². The molecule has 1 unspecified atom stereocenters. The van der Waals surface area contributed by atoms with E-state index in [2.05, 4.69) is 17.4 Å². The van der Waals surface area contributed by atoms with E-state index in [0.717, 1.165) is 38.5 Å². The molecule has 1 atom stereocenters. The molecule has 2 aliphatic rings. The first kappa shape index (κ1) is 14.5. The van der Waals surface area contributed by atoms with E-state index in [1.807, 2.05) is 23.1 Å². The number of aryl methyl sites for hydroxylation is 1. The molecule has 1 saturated carbocycles. The van der Waals surface area contributed by atoms with E-state index in [4.69, 9.17) is 0 Å². The minimum absolute atomic E-state index is 0.0444. The Labute approximate surface area is 126 Å². The van der Waals surface area contributed by atoms with Gasteiger partial charge in [0.05, 0.1) is 18.8 Å². The predicted molar refractivity (Wildman–Crippen MR) is 81.7 cm³/mol. The minimum atomic E-state index is -0.166. The average Bonchev–Trinajstić information content (AvgIpc) is 2.88. The summed E-state index contributed by atoms with van der Waals surface area (Å²) in [7, 11) is 0. The lowest BCUT2D eigenvalue weighted by atomic mass is 9.92. The molecule has 0 bridgehead atoms. The zero-order chi connectivity index (χ0) is 14.7. The van der Waals surface area contributed by atoms with Crippen LogP contribution >= 0.6 is 0 Å². The number of hydrogen-bond acceptors (Lipinski definition) is 3. The fourth-order valence-corrected chi connectivity index (χ4v) is 3.43. The van der Waals surface area contributed by atoms with E-state index >= 15 is 0 Å². The van der Waals surface area contributed by atoms with E-state index in [9.17, 15) is 9.90 Å². The largest absolute Gasteiger partial charge is 0.393 e. The molecule has 2 fully saturated rings. The fraction of sp³-hybridized carbons (Fsp3) is 0.588. The molecule has 1 heterocycles. The van der Waals surface area contributed by atoms with E-state index in [-0.39, 0.29) is 18.1 Å². The van der Waals surface area contributed by atoms with Gasteiger partial charge in [-0.1, -0.05) is 30.3 Å². The molecule has 1 saturated heterocycles. The molecule has 1 aliphatic carbocycles. The molecule has 114 valence electrons. The van der Waals surface area contributed by atoms with Crippen LogP contribution in [0.2, 0.25) is 0 Å². The number of rotatable bonds is 4. The van der Waals surface area contributed by atoms with Crippen molar-refractivity contribution in [1.29, 1.82) is 0 Å². The second kappa shape index (κ2) is 6.58. The number of hydrogen-bond donors (Lipinski definition) is 2. The molecule has 0 radical (unpaired) electrons. The number of nitrogens with one attached hydrogen (secondary N) is 1. The second-order valence-electron chi connectivity index (χ2n) is 6.21. The van der Waals surface area contributed by atoms with Gasteiger partial charge in [0, 0.05) is 6.04 Å². The summed E-state index contributed by atoms with van der Waals surface area (Å²) < 4.78 is 0. The molecular weight excluding hydrogens is 264 g/mol. The highest BCUT2D eigenvalue weighted by Crippen LogP contribution is 2.25. The molecule has 21 heavy (non-hydrogen) atoms. The van der Waals surface area contributed by atoms with Crippen molar-refractivity contribution in [2.75, 3.05) is 6.67 Å². The van der Waals surface area contributed by atoms with E-state index in [1.165, 1.54) is 5.56 Å². The van der Waals surface area contributed by atoms with Crippen LogP contribution in [0.3, 0.4) is 0 Å². The zero-order valence-electron chi connectivity index (χ0n) is 12.4. The van der Waals surface area contributed by atoms with Crippen molar-refractivity contribution in [3.05, 3.63) is 35.9 Å². The first-order valence-electron chi connectivity index (χ1n) is 8.00. The predicted octanol–water partition coefficient (Wildman–Crippen LogP) is 1.68. The molecule has 4 nitrogen and oxygen atoms in total. The standard InChI is InChI=1S/C17H24N2O2/c20-15-9-7-14(8-10-15)19-12-18-16(17(19)21)11-6-13-4-2-1-3-5-13/h1-5,14-16,18,20H,6-12H2. The van der Waals surface area contributed by atoms with Gasteiger partial charge in [-0.2, -0.15) is 0 Å². The number of benzene rings is 1. The van der Waals surface area contributed by atoms with Gasteiger partial charge in [-0.3, -0.25) is 10.1 Å². The normalized spacial score (nSPS) is 29.9. The molecule has 1 aromatic carbocycles. The number of amides is 1. The lowest BCUT2D eigenvalue weighted by molar-refractivity contribution is -0.131. The Balaban J connectivity index is 1.52. The molecule has 1 aliphatic heterocycles. The lowest BCUT2D eigenvalue weighted by Gasteiger charge is -2.32. The zero-order valence-corrected chi connectivity index (χ0v) is 12.4. The van der Waals surface area contributed by atoms with Crippen LogP contribution in [0, 0.1) is 0 Å². The number of aliphatic hydroxyl groups is 1. The maximum Gasteiger partial charge on any atom is 0.241 e. The van der Waals surface area contributed by atoms with Gasteiger partial charge in [0.15, 0.2) is 0 Å². The van der Waals surface area contributed by atoms with Crippen LogP contribution in [0.25, 0.3) is 0 Å². The Hall–Kier alpha value is -1.39. The molecule has 0 aromatic heterocycles. The van der Waals surface area contributed by atoms with Crippen LogP contribution < -0.4 is 5.32 Å². The van der Waals surface area contributed by atoms with Crippen LogP contribution in [0.4, 0.5) is 0 Å². The SMILES string of the molecule is O=C1C(CCc2ccccc2)NCN1C1CCC(O)CC1. The Morgan fingerprint density at radius 2 is 1.86 bits per heavy atom. The highest BCUT2D eigenvalue weighted by Gasteiger charge is 2.36. The fourth-order valence-electron chi connectivity index (χ4n) is 3.43. The summed E-state index contributed by atoms with van der Waals surface area (Å²) >= 11 is 0. The maximum absolute atomic E-state index is 12.5. The maximum atomic E-state index is 12.5. The van der Waals surface area contributed by atoms with Gasteiger partial charge < -0.3 is 10.0 Å². The highest BCUT2D eigenvalue weighted by molar-refractivity contribution is 5.84. The molecule has 2 N–H and O–H groups in total. The first-order chi connectivity index (χ1) is 10.2. The lowest BCUT2D eigenvalue weighted by Crippen LogP contribution is -2.41. The van der Waals surface area contributed by atoms with Crippen molar-refractivity contribution in [3.63, 3.8) is 0 Å². The molecule has 1 aromatic rings. The van der Waals surface area contributed by atoms with Gasteiger partial charge >= 0.3 is 0 Å². The van der Waals surface area contributed by atoms with E-state index < -0.39 is 0 Å². The highest BCUT2D eigenvalue weighted by atomic mass is 16.3. The van der Waals surface area contributed by atoms with Crippen molar-refractivity contribution in [2.24, 2.45) is 0 Å². The summed E-state index contributed by atoms with van der Waals surface area (Å²) in [6.07, 6.45) is 5.13. The van der Waals surface area contributed by atoms with Crippen LogP contribution in [-0.2, 0) is 11.2 Å². The summed E-state index contributed by atoms with van der Waals surface area (Å²) in [5, 5.41) is 12.9. The molecule has 0 spiro atoms. The molecule has 3 rings (SSSR count). The Morgan fingerprint density at radius 1 is 1.14 bits per heavy atom. The minimum Gasteiger partial charge on any atom is -0.393 e. The number of carbonyl (C=O) groups excluding carboxylic acids is 1.